The first-order valence-corrected chi connectivity index (χ1v) is 10.6. The lowest BCUT2D eigenvalue weighted by Crippen LogP contribution is -2.14. The van der Waals surface area contributed by atoms with Gasteiger partial charge in [0.1, 0.15) is 10.6 Å². The van der Waals surface area contributed by atoms with E-state index in [9.17, 15) is 14.9 Å². The predicted octanol–water partition coefficient (Wildman–Crippen LogP) is 5.05. The van der Waals surface area contributed by atoms with Crippen LogP contribution in [0.5, 0.6) is 11.5 Å². The molecular weight excluding hydrogens is 444 g/mol. The molecule has 0 fully saturated rings. The zero-order valence-electron chi connectivity index (χ0n) is 17.6. The van der Waals surface area contributed by atoms with Gasteiger partial charge in [-0.1, -0.05) is 12.1 Å². The molecule has 0 radical (unpaired) electrons. The van der Waals surface area contributed by atoms with E-state index in [1.807, 2.05) is 23.6 Å². The van der Waals surface area contributed by atoms with Crippen molar-refractivity contribution in [1.29, 1.82) is 0 Å². The normalized spacial score (nSPS) is 10.5. The van der Waals surface area contributed by atoms with Gasteiger partial charge in [0.2, 0.25) is 0 Å². The van der Waals surface area contributed by atoms with E-state index in [0.29, 0.717) is 5.69 Å². The summed E-state index contributed by atoms with van der Waals surface area (Å²) >= 11 is 1.50. The summed E-state index contributed by atoms with van der Waals surface area (Å²) in [5.74, 6) is -0.264. The minimum absolute atomic E-state index is 0.142. The lowest BCUT2D eigenvalue weighted by atomic mass is 10.1. The minimum Gasteiger partial charge on any atom is -0.493 e. The van der Waals surface area contributed by atoms with Crippen molar-refractivity contribution in [1.82, 2.24) is 9.97 Å². The third-order valence-corrected chi connectivity index (χ3v) is 5.68. The Labute approximate surface area is 192 Å². The van der Waals surface area contributed by atoms with Crippen molar-refractivity contribution >= 4 is 28.6 Å². The molecule has 0 bridgehead atoms. The van der Waals surface area contributed by atoms with E-state index < -0.39 is 10.8 Å². The van der Waals surface area contributed by atoms with Gasteiger partial charge >= 0.3 is 0 Å². The highest BCUT2D eigenvalue weighted by Gasteiger charge is 2.24. The lowest BCUT2D eigenvalue weighted by Gasteiger charge is -2.11. The number of ether oxygens (including phenoxy) is 2. The number of carbonyl (C=O) groups is 1. The molecule has 2 aromatic carbocycles. The number of methoxy groups -OCH3 is 2. The molecule has 0 aliphatic rings. The molecule has 0 saturated heterocycles. The second-order valence-corrected chi connectivity index (χ2v) is 7.65. The molecule has 0 unspecified atom stereocenters. The highest BCUT2D eigenvalue weighted by Crippen LogP contribution is 2.35. The summed E-state index contributed by atoms with van der Waals surface area (Å²) in [4.78, 5) is 32.5. The number of aromatic nitrogens is 2. The van der Waals surface area contributed by atoms with Crippen LogP contribution in [0.4, 0.5) is 11.4 Å². The predicted molar refractivity (Wildman–Crippen MR) is 125 cm³/mol. The SMILES string of the molecule is COc1cc(C(=O)Nc2cccc(-c3csc(-c4ccncc4)n3)c2)c([N+](=O)[O-])cc1OC. The number of carbonyl (C=O) groups excluding carboxylic acids is 1. The molecule has 1 N–H and O–H groups in total. The number of anilines is 1. The first kappa shape index (κ1) is 21.9. The largest absolute Gasteiger partial charge is 0.493 e. The van der Waals surface area contributed by atoms with Gasteiger partial charge in [-0.3, -0.25) is 19.9 Å². The summed E-state index contributed by atoms with van der Waals surface area (Å²) in [6.07, 6.45) is 3.42. The first-order valence-electron chi connectivity index (χ1n) is 9.68. The van der Waals surface area contributed by atoms with Crippen molar-refractivity contribution in [2.24, 2.45) is 0 Å². The zero-order valence-corrected chi connectivity index (χ0v) is 18.5. The quantitative estimate of drug-likeness (QED) is 0.302. The van der Waals surface area contributed by atoms with Gasteiger partial charge in [0.25, 0.3) is 11.6 Å². The number of hydrogen-bond acceptors (Lipinski definition) is 8. The zero-order chi connectivity index (χ0) is 23.4. The van der Waals surface area contributed by atoms with Crippen LogP contribution in [-0.4, -0.2) is 35.0 Å². The molecule has 0 saturated carbocycles. The van der Waals surface area contributed by atoms with Crippen LogP contribution in [-0.2, 0) is 0 Å². The van der Waals surface area contributed by atoms with Crippen molar-refractivity contribution in [3.8, 4) is 33.3 Å². The summed E-state index contributed by atoms with van der Waals surface area (Å²) in [5, 5.41) is 17.0. The van der Waals surface area contributed by atoms with Crippen molar-refractivity contribution in [3.05, 3.63) is 82.0 Å². The number of amides is 1. The third-order valence-electron chi connectivity index (χ3n) is 4.79. The van der Waals surface area contributed by atoms with Crippen LogP contribution >= 0.6 is 11.3 Å². The van der Waals surface area contributed by atoms with E-state index in [-0.39, 0.29) is 22.7 Å². The highest BCUT2D eigenvalue weighted by atomic mass is 32.1. The molecule has 1 amide bonds. The molecule has 0 atom stereocenters. The number of rotatable bonds is 7. The molecule has 33 heavy (non-hydrogen) atoms. The molecule has 166 valence electrons. The number of nitro benzene ring substituents is 1. The van der Waals surface area contributed by atoms with Crippen LogP contribution in [0, 0.1) is 10.1 Å². The van der Waals surface area contributed by atoms with Gasteiger partial charge in [-0.15, -0.1) is 11.3 Å². The number of nitrogens with one attached hydrogen (secondary N) is 1. The fourth-order valence-electron chi connectivity index (χ4n) is 3.19. The molecule has 0 aliphatic carbocycles. The summed E-state index contributed by atoms with van der Waals surface area (Å²) in [6.45, 7) is 0. The molecule has 10 heteroatoms. The molecule has 4 rings (SSSR count). The smallest absolute Gasteiger partial charge is 0.286 e. The van der Waals surface area contributed by atoms with Crippen molar-refractivity contribution in [2.45, 2.75) is 0 Å². The van der Waals surface area contributed by atoms with Crippen molar-refractivity contribution in [2.75, 3.05) is 19.5 Å². The van der Waals surface area contributed by atoms with Crippen LogP contribution in [0.15, 0.2) is 66.3 Å². The Kier molecular flexibility index (Phi) is 6.27. The van der Waals surface area contributed by atoms with Gasteiger partial charge in [0.05, 0.1) is 30.9 Å². The molecule has 2 aromatic heterocycles. The van der Waals surface area contributed by atoms with Crippen LogP contribution in [0.25, 0.3) is 21.8 Å². The summed E-state index contributed by atoms with van der Waals surface area (Å²) in [6, 6.07) is 13.3. The van der Waals surface area contributed by atoms with Gasteiger partial charge in [0, 0.05) is 40.7 Å². The Morgan fingerprint density at radius 2 is 1.76 bits per heavy atom. The second-order valence-electron chi connectivity index (χ2n) is 6.79. The number of nitro groups is 1. The first-order chi connectivity index (χ1) is 16.0. The monoisotopic (exact) mass is 462 g/mol. The average Bonchev–Trinajstić information content (AvgIpc) is 3.34. The molecule has 0 aliphatic heterocycles. The Hall–Kier alpha value is -4.31. The minimum atomic E-state index is -0.643. The standard InChI is InChI=1S/C23H18N4O5S/c1-31-20-11-17(19(27(29)30)12-21(20)32-2)22(28)25-16-5-3-4-15(10-16)18-13-33-23(26-18)14-6-8-24-9-7-14/h3-13H,1-2H3,(H,25,28). The summed E-state index contributed by atoms with van der Waals surface area (Å²) < 4.78 is 10.3. The van der Waals surface area contributed by atoms with E-state index in [2.05, 4.69) is 15.3 Å². The van der Waals surface area contributed by atoms with Gasteiger partial charge in [-0.05, 0) is 24.3 Å². The molecule has 0 spiro atoms. The van der Waals surface area contributed by atoms with Crippen LogP contribution in [0.3, 0.4) is 0 Å². The fraction of sp³-hybridized carbons (Fsp3) is 0.0870. The lowest BCUT2D eigenvalue weighted by molar-refractivity contribution is -0.385. The number of nitrogens with zero attached hydrogens (tertiary/aromatic N) is 3. The Balaban J connectivity index is 1.61. The molecule has 9 nitrogen and oxygen atoms in total. The van der Waals surface area contributed by atoms with Crippen LogP contribution in [0.2, 0.25) is 0 Å². The van der Waals surface area contributed by atoms with E-state index in [0.717, 1.165) is 21.8 Å². The van der Waals surface area contributed by atoms with E-state index in [1.54, 1.807) is 30.6 Å². The Morgan fingerprint density at radius 3 is 2.45 bits per heavy atom. The van der Waals surface area contributed by atoms with Crippen molar-refractivity contribution in [3.63, 3.8) is 0 Å². The summed E-state index contributed by atoms with van der Waals surface area (Å²) in [5.41, 5.74) is 2.46. The maximum atomic E-state index is 12.9. The maximum Gasteiger partial charge on any atom is 0.286 e. The van der Waals surface area contributed by atoms with Crippen LogP contribution < -0.4 is 14.8 Å². The van der Waals surface area contributed by atoms with Crippen LogP contribution in [0.1, 0.15) is 10.4 Å². The number of pyridine rings is 1. The third kappa shape index (κ3) is 4.65. The van der Waals surface area contributed by atoms with E-state index in [4.69, 9.17) is 9.47 Å². The summed E-state index contributed by atoms with van der Waals surface area (Å²) in [7, 11) is 2.76. The number of benzene rings is 2. The van der Waals surface area contributed by atoms with Crippen molar-refractivity contribution < 1.29 is 19.2 Å². The second kappa shape index (κ2) is 9.45. The van der Waals surface area contributed by atoms with E-state index in [1.165, 1.54) is 37.7 Å². The molecule has 2 heterocycles. The van der Waals surface area contributed by atoms with E-state index >= 15 is 0 Å². The average molecular weight is 462 g/mol. The van der Waals surface area contributed by atoms with Gasteiger partial charge in [-0.2, -0.15) is 0 Å². The van der Waals surface area contributed by atoms with Gasteiger partial charge < -0.3 is 14.8 Å². The fourth-order valence-corrected chi connectivity index (χ4v) is 4.02. The maximum absolute atomic E-state index is 12.9. The van der Waals surface area contributed by atoms with Gasteiger partial charge in [-0.25, -0.2) is 4.98 Å². The molecule has 4 aromatic rings. The Bertz CT molecular complexity index is 1320. The Morgan fingerprint density at radius 1 is 1.03 bits per heavy atom. The topological polar surface area (TPSA) is 116 Å². The number of hydrogen-bond donors (Lipinski definition) is 1. The number of thiazole rings is 1. The molecular formula is C23H18N4O5S. The highest BCUT2D eigenvalue weighted by molar-refractivity contribution is 7.13. The van der Waals surface area contributed by atoms with Gasteiger partial charge in [0.15, 0.2) is 11.5 Å².